The van der Waals surface area contributed by atoms with Crippen molar-refractivity contribution in [2.24, 2.45) is 0 Å². The molecular formula is C29H31Cl2N3O4S. The molecule has 3 aromatic rings. The van der Waals surface area contributed by atoms with Gasteiger partial charge in [0.25, 0.3) is 0 Å². The van der Waals surface area contributed by atoms with Gasteiger partial charge in [0.2, 0.25) is 21.8 Å². The number of rotatable bonds is 12. The molecule has 2 N–H and O–H groups in total. The molecule has 0 heterocycles. The van der Waals surface area contributed by atoms with Gasteiger partial charge in [-0.05, 0) is 79.3 Å². The maximum Gasteiger partial charge on any atom is 0.242 e. The van der Waals surface area contributed by atoms with Crippen LogP contribution in [0.5, 0.6) is 0 Å². The second kappa shape index (κ2) is 13.0. The van der Waals surface area contributed by atoms with Crippen LogP contribution in [0.25, 0.3) is 0 Å². The topological polar surface area (TPSA) is 95.6 Å². The van der Waals surface area contributed by atoms with E-state index in [4.69, 9.17) is 23.2 Å². The summed E-state index contributed by atoms with van der Waals surface area (Å²) in [6, 6.07) is 20.2. The summed E-state index contributed by atoms with van der Waals surface area (Å²) in [5.41, 5.74) is 2.58. The van der Waals surface area contributed by atoms with Crippen molar-refractivity contribution in [2.75, 3.05) is 0 Å². The molecule has 1 fully saturated rings. The van der Waals surface area contributed by atoms with Crippen LogP contribution in [0.1, 0.15) is 42.9 Å². The first-order valence-corrected chi connectivity index (χ1v) is 15.0. The van der Waals surface area contributed by atoms with Gasteiger partial charge in [0.1, 0.15) is 6.04 Å². The Morgan fingerprint density at radius 1 is 0.872 bits per heavy atom. The summed E-state index contributed by atoms with van der Waals surface area (Å²) >= 11 is 12.0. The fourth-order valence-corrected chi connectivity index (χ4v) is 5.58. The van der Waals surface area contributed by atoms with Crippen molar-refractivity contribution in [1.82, 2.24) is 14.9 Å². The van der Waals surface area contributed by atoms with Crippen LogP contribution in [0.4, 0.5) is 0 Å². The number of aryl methyl sites for hydroxylation is 1. The standard InChI is InChI=1S/C29H31Cl2N3O4S/c1-20(29(36)32-18-22-2-9-24(30)10-3-22)34(19-23-4-11-25(31)12-5-23)28(35)17-8-21-6-15-27(16-7-21)39(37,38)33-26-13-14-26/h2-7,9-12,15-16,20,26,33H,8,13-14,17-19H2,1H3,(H,32,36). The van der Waals surface area contributed by atoms with Gasteiger partial charge in [-0.3, -0.25) is 9.59 Å². The van der Waals surface area contributed by atoms with Crippen molar-refractivity contribution >= 4 is 45.0 Å². The highest BCUT2D eigenvalue weighted by atomic mass is 35.5. The van der Waals surface area contributed by atoms with E-state index in [1.54, 1.807) is 60.4 Å². The molecule has 1 atom stereocenters. The van der Waals surface area contributed by atoms with Crippen LogP contribution < -0.4 is 10.0 Å². The zero-order valence-electron chi connectivity index (χ0n) is 21.6. The van der Waals surface area contributed by atoms with Gasteiger partial charge < -0.3 is 10.2 Å². The molecule has 0 spiro atoms. The van der Waals surface area contributed by atoms with Crippen molar-refractivity contribution in [2.45, 2.75) is 62.7 Å². The quantitative estimate of drug-likeness (QED) is 0.308. The average Bonchev–Trinajstić information content (AvgIpc) is 3.74. The first kappa shape index (κ1) is 29.1. The van der Waals surface area contributed by atoms with E-state index in [0.717, 1.165) is 29.5 Å². The van der Waals surface area contributed by atoms with E-state index in [-0.39, 0.29) is 35.7 Å². The first-order chi connectivity index (χ1) is 18.6. The molecule has 1 aliphatic carbocycles. The normalized spacial score (nSPS) is 14.0. The molecule has 4 rings (SSSR count). The Hall–Kier alpha value is -2.91. The van der Waals surface area contributed by atoms with E-state index in [0.29, 0.717) is 23.0 Å². The molecule has 0 aliphatic heterocycles. The van der Waals surface area contributed by atoms with Gasteiger partial charge in [-0.2, -0.15) is 0 Å². The molecule has 0 bridgehead atoms. The largest absolute Gasteiger partial charge is 0.350 e. The molecule has 0 aromatic heterocycles. The molecule has 206 valence electrons. The van der Waals surface area contributed by atoms with Crippen molar-refractivity contribution < 1.29 is 18.0 Å². The van der Waals surface area contributed by atoms with Crippen molar-refractivity contribution in [3.8, 4) is 0 Å². The van der Waals surface area contributed by atoms with E-state index in [9.17, 15) is 18.0 Å². The van der Waals surface area contributed by atoms with Crippen molar-refractivity contribution in [3.63, 3.8) is 0 Å². The second-order valence-electron chi connectivity index (χ2n) is 9.71. The van der Waals surface area contributed by atoms with E-state index in [1.807, 2.05) is 24.3 Å². The lowest BCUT2D eigenvalue weighted by atomic mass is 10.1. The third kappa shape index (κ3) is 8.54. The van der Waals surface area contributed by atoms with Crippen LogP contribution in [0.15, 0.2) is 77.7 Å². The van der Waals surface area contributed by atoms with Crippen molar-refractivity contribution in [3.05, 3.63) is 99.5 Å². The molecule has 0 radical (unpaired) electrons. The number of carbonyl (C=O) groups is 2. The predicted molar refractivity (Wildman–Crippen MR) is 153 cm³/mol. The Morgan fingerprint density at radius 3 is 1.97 bits per heavy atom. The highest BCUT2D eigenvalue weighted by Gasteiger charge is 2.28. The summed E-state index contributed by atoms with van der Waals surface area (Å²) in [4.78, 5) is 28.2. The van der Waals surface area contributed by atoms with E-state index in [1.165, 1.54) is 0 Å². The highest BCUT2D eigenvalue weighted by Crippen LogP contribution is 2.23. The fourth-order valence-electron chi connectivity index (χ4n) is 4.03. The summed E-state index contributed by atoms with van der Waals surface area (Å²) in [5, 5.41) is 4.10. The van der Waals surface area contributed by atoms with Gasteiger partial charge in [-0.25, -0.2) is 13.1 Å². The van der Waals surface area contributed by atoms with Crippen LogP contribution in [0.3, 0.4) is 0 Å². The number of hydrogen-bond acceptors (Lipinski definition) is 4. The Kier molecular flexibility index (Phi) is 9.67. The average molecular weight is 589 g/mol. The highest BCUT2D eigenvalue weighted by molar-refractivity contribution is 7.89. The van der Waals surface area contributed by atoms with E-state index >= 15 is 0 Å². The lowest BCUT2D eigenvalue weighted by Gasteiger charge is -2.29. The summed E-state index contributed by atoms with van der Waals surface area (Å²) in [6.45, 7) is 2.27. The zero-order valence-corrected chi connectivity index (χ0v) is 23.9. The lowest BCUT2D eigenvalue weighted by Crippen LogP contribution is -2.47. The zero-order chi connectivity index (χ0) is 28.0. The summed E-state index contributed by atoms with van der Waals surface area (Å²) in [6.07, 6.45) is 2.30. The van der Waals surface area contributed by atoms with Gasteiger partial charge in [0.15, 0.2) is 0 Å². The molecular weight excluding hydrogens is 557 g/mol. The molecule has 0 saturated heterocycles. The summed E-state index contributed by atoms with van der Waals surface area (Å²) < 4.78 is 27.5. The van der Waals surface area contributed by atoms with Crippen molar-refractivity contribution in [1.29, 1.82) is 0 Å². The van der Waals surface area contributed by atoms with Crippen LogP contribution in [-0.4, -0.2) is 37.2 Å². The SMILES string of the molecule is CC(C(=O)NCc1ccc(Cl)cc1)N(Cc1ccc(Cl)cc1)C(=O)CCc1ccc(S(=O)(=O)NC2CC2)cc1. The Morgan fingerprint density at radius 2 is 1.41 bits per heavy atom. The number of nitrogens with one attached hydrogen (secondary N) is 2. The lowest BCUT2D eigenvalue weighted by molar-refractivity contribution is -0.140. The minimum atomic E-state index is -3.53. The number of hydrogen-bond donors (Lipinski definition) is 2. The van der Waals surface area contributed by atoms with Gasteiger partial charge >= 0.3 is 0 Å². The predicted octanol–water partition coefficient (Wildman–Crippen LogP) is 5.10. The minimum absolute atomic E-state index is 0.0318. The number of amides is 2. The Labute approximate surface area is 239 Å². The second-order valence-corrected chi connectivity index (χ2v) is 12.3. The first-order valence-electron chi connectivity index (χ1n) is 12.8. The number of sulfonamides is 1. The summed E-state index contributed by atoms with van der Waals surface area (Å²) in [5.74, 6) is -0.462. The molecule has 7 nitrogen and oxygen atoms in total. The third-order valence-corrected chi connectivity index (χ3v) is 8.61. The van der Waals surface area contributed by atoms with E-state index < -0.39 is 16.1 Å². The number of halogens is 2. The number of benzene rings is 3. The number of carbonyl (C=O) groups excluding carboxylic acids is 2. The fraction of sp³-hybridized carbons (Fsp3) is 0.310. The van der Waals surface area contributed by atoms with Crippen LogP contribution in [0.2, 0.25) is 10.0 Å². The molecule has 1 unspecified atom stereocenters. The monoisotopic (exact) mass is 587 g/mol. The van der Waals surface area contributed by atoms with Crippen LogP contribution in [0, 0.1) is 0 Å². The summed E-state index contributed by atoms with van der Waals surface area (Å²) in [7, 11) is -3.53. The Bertz CT molecular complexity index is 1390. The third-order valence-electron chi connectivity index (χ3n) is 6.57. The minimum Gasteiger partial charge on any atom is -0.350 e. The maximum atomic E-state index is 13.4. The van der Waals surface area contributed by atoms with Gasteiger partial charge in [0.05, 0.1) is 4.90 Å². The Balaban J connectivity index is 1.41. The molecule has 1 saturated carbocycles. The molecule has 2 amide bonds. The number of nitrogens with zero attached hydrogens (tertiary/aromatic N) is 1. The molecule has 39 heavy (non-hydrogen) atoms. The molecule has 1 aliphatic rings. The van der Waals surface area contributed by atoms with Crippen LogP contribution >= 0.6 is 23.2 Å². The van der Waals surface area contributed by atoms with Gasteiger partial charge in [-0.15, -0.1) is 0 Å². The smallest absolute Gasteiger partial charge is 0.242 e. The van der Waals surface area contributed by atoms with Gasteiger partial charge in [0, 0.05) is 35.6 Å². The van der Waals surface area contributed by atoms with Gasteiger partial charge in [-0.1, -0.05) is 59.6 Å². The maximum absolute atomic E-state index is 13.4. The molecule has 10 heteroatoms. The van der Waals surface area contributed by atoms with Crippen LogP contribution in [-0.2, 0) is 39.1 Å². The van der Waals surface area contributed by atoms with E-state index in [2.05, 4.69) is 10.0 Å². The molecule has 3 aromatic carbocycles.